The summed E-state index contributed by atoms with van der Waals surface area (Å²) in [5.41, 5.74) is 4.42. The van der Waals surface area contributed by atoms with Crippen LogP contribution in [-0.4, -0.2) is 33.3 Å². The maximum absolute atomic E-state index is 11.3. The molecule has 0 aliphatic heterocycles. The minimum atomic E-state index is -4.34. The highest BCUT2D eigenvalue weighted by atomic mass is 32.2. The van der Waals surface area contributed by atoms with Gasteiger partial charge in [0.15, 0.2) is 0 Å². The van der Waals surface area contributed by atoms with Crippen LogP contribution in [0.1, 0.15) is 56.1 Å². The summed E-state index contributed by atoms with van der Waals surface area (Å²) >= 11 is 0. The predicted molar refractivity (Wildman–Crippen MR) is 108 cm³/mol. The minimum absolute atomic E-state index is 0.171. The third-order valence-corrected chi connectivity index (χ3v) is 7.75. The van der Waals surface area contributed by atoms with Crippen molar-refractivity contribution in [2.75, 3.05) is 18.9 Å². The van der Waals surface area contributed by atoms with Gasteiger partial charge >= 0.3 is 10.3 Å². The summed E-state index contributed by atoms with van der Waals surface area (Å²) in [6, 6.07) is 3.78. The molecule has 4 rings (SSSR count). The third kappa shape index (κ3) is 3.04. The fraction of sp³-hybridized carbons (Fsp3) is 0.619. The maximum atomic E-state index is 11.3. The van der Waals surface area contributed by atoms with Crippen LogP contribution in [0.4, 0.5) is 5.69 Å². The van der Waals surface area contributed by atoms with Crippen LogP contribution in [0.25, 0.3) is 0 Å². The number of hydrogen-bond acceptors (Lipinski definition) is 4. The van der Waals surface area contributed by atoms with E-state index in [0.717, 1.165) is 44.1 Å². The Bertz CT molecular complexity index is 910. The normalized spacial score (nSPS) is 31.4. The SMILES string of the molecule is CC[C@]12CC[C@@H]3c4cc(OC)c(NS(=O)(=O)O)cc4CC[C@H]3C1=CC[C@@H]2OC. The first-order valence-corrected chi connectivity index (χ1v) is 11.5. The van der Waals surface area contributed by atoms with Gasteiger partial charge in [-0.25, -0.2) is 0 Å². The van der Waals surface area contributed by atoms with Crippen molar-refractivity contribution in [3.63, 3.8) is 0 Å². The fourth-order valence-electron chi connectivity index (χ4n) is 6.07. The summed E-state index contributed by atoms with van der Waals surface area (Å²) in [5, 5.41) is 0. The van der Waals surface area contributed by atoms with Gasteiger partial charge in [0, 0.05) is 12.5 Å². The van der Waals surface area contributed by atoms with Crippen LogP contribution in [-0.2, 0) is 21.5 Å². The average Bonchev–Trinajstić information content (AvgIpc) is 3.05. The van der Waals surface area contributed by atoms with Gasteiger partial charge in [-0.2, -0.15) is 8.42 Å². The van der Waals surface area contributed by atoms with Crippen LogP contribution < -0.4 is 9.46 Å². The molecule has 0 saturated heterocycles. The standard InChI is InChI=1S/C21H29NO5S/c1-4-21-10-9-14-15(17(21)7-8-20(21)27-3)6-5-13-11-18(22-28(23,24)25)19(26-2)12-16(13)14/h7,11-12,14-15,20,22H,4-6,8-10H2,1-3H3,(H,23,24,25)/t14-,15+,20-,21-/m0/s1. The zero-order chi connectivity index (χ0) is 20.1. The molecule has 0 aromatic heterocycles. The summed E-state index contributed by atoms with van der Waals surface area (Å²) in [4.78, 5) is 0. The summed E-state index contributed by atoms with van der Waals surface area (Å²) in [5.74, 6) is 1.37. The highest BCUT2D eigenvalue weighted by Gasteiger charge is 2.52. The number of rotatable bonds is 5. The quantitative estimate of drug-likeness (QED) is 0.567. The van der Waals surface area contributed by atoms with Gasteiger partial charge in [-0.15, -0.1) is 0 Å². The van der Waals surface area contributed by atoms with E-state index < -0.39 is 10.3 Å². The first-order chi connectivity index (χ1) is 13.3. The fourth-order valence-corrected chi connectivity index (χ4v) is 6.50. The zero-order valence-electron chi connectivity index (χ0n) is 16.7. The van der Waals surface area contributed by atoms with Crippen molar-refractivity contribution in [1.82, 2.24) is 0 Å². The molecule has 2 N–H and O–H groups in total. The van der Waals surface area contributed by atoms with E-state index in [4.69, 9.17) is 9.47 Å². The first-order valence-electron chi connectivity index (χ1n) is 10.0. The van der Waals surface area contributed by atoms with Crippen molar-refractivity contribution >= 4 is 16.0 Å². The van der Waals surface area contributed by atoms with E-state index in [9.17, 15) is 13.0 Å². The number of anilines is 1. The van der Waals surface area contributed by atoms with Gasteiger partial charge in [0.1, 0.15) is 5.75 Å². The zero-order valence-corrected chi connectivity index (χ0v) is 17.5. The predicted octanol–water partition coefficient (Wildman–Crippen LogP) is 4.09. The van der Waals surface area contributed by atoms with Gasteiger partial charge in [0.2, 0.25) is 0 Å². The Morgan fingerprint density at radius 1 is 1.25 bits per heavy atom. The molecule has 4 atom stereocenters. The van der Waals surface area contributed by atoms with E-state index in [1.807, 2.05) is 19.2 Å². The summed E-state index contributed by atoms with van der Waals surface area (Å²) in [6.07, 6.45) is 8.95. The molecule has 1 aromatic rings. The number of ether oxygens (including phenoxy) is 2. The third-order valence-electron chi connectivity index (χ3n) is 7.27. The molecular weight excluding hydrogens is 378 g/mol. The van der Waals surface area contributed by atoms with Gasteiger partial charge in [0.05, 0.1) is 18.9 Å². The van der Waals surface area contributed by atoms with E-state index in [0.29, 0.717) is 23.3 Å². The molecule has 0 heterocycles. The second-order valence-electron chi connectivity index (χ2n) is 8.25. The van der Waals surface area contributed by atoms with Crippen LogP contribution in [0.3, 0.4) is 0 Å². The first kappa shape index (κ1) is 19.7. The van der Waals surface area contributed by atoms with Gasteiger partial charge in [0.25, 0.3) is 0 Å². The lowest BCUT2D eigenvalue weighted by Crippen LogP contribution is -2.42. The molecule has 3 aliphatic rings. The molecular formula is C21H29NO5S. The number of fused-ring (bicyclic) bond motifs is 5. The molecule has 28 heavy (non-hydrogen) atoms. The molecule has 0 spiro atoms. The van der Waals surface area contributed by atoms with Crippen LogP contribution in [0.15, 0.2) is 23.8 Å². The maximum Gasteiger partial charge on any atom is 0.357 e. The lowest BCUT2D eigenvalue weighted by atomic mass is 9.56. The van der Waals surface area contributed by atoms with Gasteiger partial charge < -0.3 is 9.47 Å². The highest BCUT2D eigenvalue weighted by Crippen LogP contribution is 2.61. The molecule has 1 saturated carbocycles. The number of methoxy groups -OCH3 is 2. The van der Waals surface area contributed by atoms with Crippen molar-refractivity contribution in [3.8, 4) is 5.75 Å². The molecule has 0 radical (unpaired) electrons. The molecule has 0 bridgehead atoms. The Labute approximate surface area is 167 Å². The van der Waals surface area contributed by atoms with E-state index in [1.165, 1.54) is 12.7 Å². The van der Waals surface area contributed by atoms with Gasteiger partial charge in [-0.1, -0.05) is 18.6 Å². The van der Waals surface area contributed by atoms with Gasteiger partial charge in [-0.3, -0.25) is 9.27 Å². The highest BCUT2D eigenvalue weighted by molar-refractivity contribution is 7.87. The number of hydrogen-bond donors (Lipinski definition) is 2. The number of aryl methyl sites for hydroxylation is 1. The molecule has 0 unspecified atom stereocenters. The lowest BCUT2D eigenvalue weighted by molar-refractivity contribution is -0.00428. The largest absolute Gasteiger partial charge is 0.495 e. The van der Waals surface area contributed by atoms with Crippen LogP contribution in [0.2, 0.25) is 0 Å². The second kappa shape index (κ2) is 7.04. The Morgan fingerprint density at radius 2 is 2.04 bits per heavy atom. The van der Waals surface area contributed by atoms with Crippen molar-refractivity contribution in [2.45, 2.75) is 57.5 Å². The summed E-state index contributed by atoms with van der Waals surface area (Å²) in [7, 11) is -0.999. The second-order valence-corrected chi connectivity index (χ2v) is 9.40. The Kier molecular flexibility index (Phi) is 4.96. The lowest BCUT2D eigenvalue weighted by Gasteiger charge is -2.49. The van der Waals surface area contributed by atoms with Crippen LogP contribution in [0.5, 0.6) is 5.75 Å². The molecule has 154 valence electrons. The van der Waals surface area contributed by atoms with Crippen molar-refractivity contribution in [1.29, 1.82) is 0 Å². The van der Waals surface area contributed by atoms with Gasteiger partial charge in [-0.05, 0) is 73.6 Å². The van der Waals surface area contributed by atoms with E-state index in [1.54, 1.807) is 5.57 Å². The smallest absolute Gasteiger partial charge is 0.357 e. The minimum Gasteiger partial charge on any atom is -0.495 e. The number of benzene rings is 1. The summed E-state index contributed by atoms with van der Waals surface area (Å²) in [6.45, 7) is 2.28. The molecule has 1 aromatic carbocycles. The monoisotopic (exact) mass is 407 g/mol. The van der Waals surface area contributed by atoms with Crippen molar-refractivity contribution < 1.29 is 22.4 Å². The van der Waals surface area contributed by atoms with E-state index in [-0.39, 0.29) is 11.5 Å². The molecule has 1 fully saturated rings. The topological polar surface area (TPSA) is 84.9 Å². The molecule has 0 amide bonds. The summed E-state index contributed by atoms with van der Waals surface area (Å²) < 4.78 is 45.2. The van der Waals surface area contributed by atoms with Crippen molar-refractivity contribution in [3.05, 3.63) is 34.9 Å². The Hall–Kier alpha value is -1.57. The molecule has 3 aliphatic carbocycles. The average molecular weight is 408 g/mol. The Balaban J connectivity index is 1.71. The van der Waals surface area contributed by atoms with Crippen LogP contribution in [0, 0.1) is 11.3 Å². The Morgan fingerprint density at radius 3 is 2.68 bits per heavy atom. The molecule has 6 nitrogen and oxygen atoms in total. The van der Waals surface area contributed by atoms with E-state index >= 15 is 0 Å². The van der Waals surface area contributed by atoms with Crippen LogP contribution >= 0.6 is 0 Å². The molecule has 7 heteroatoms. The number of nitrogens with one attached hydrogen (secondary N) is 1. The van der Waals surface area contributed by atoms with Crippen molar-refractivity contribution in [2.24, 2.45) is 11.3 Å². The van der Waals surface area contributed by atoms with E-state index in [2.05, 4.69) is 17.7 Å².